The van der Waals surface area contributed by atoms with Gasteiger partial charge >= 0.3 is 5.97 Å². The zero-order valence-electron chi connectivity index (χ0n) is 11.5. The van der Waals surface area contributed by atoms with E-state index in [4.69, 9.17) is 4.74 Å². The highest BCUT2D eigenvalue weighted by atomic mass is 16.5. The highest BCUT2D eigenvalue weighted by Crippen LogP contribution is 2.21. The maximum absolute atomic E-state index is 11.2. The van der Waals surface area contributed by atoms with Crippen molar-refractivity contribution >= 4 is 11.7 Å². The third-order valence-corrected chi connectivity index (χ3v) is 3.13. The lowest BCUT2D eigenvalue weighted by Crippen LogP contribution is -2.08. The fourth-order valence-corrected chi connectivity index (χ4v) is 2.01. The number of rotatable bonds is 5. The van der Waals surface area contributed by atoms with Crippen LogP contribution in [0.2, 0.25) is 0 Å². The maximum Gasteiger partial charge on any atom is 0.337 e. The molecule has 0 atom stereocenters. The monoisotopic (exact) mass is 271 g/mol. The minimum absolute atomic E-state index is 0.290. The van der Waals surface area contributed by atoms with E-state index in [1.54, 1.807) is 19.2 Å². The normalized spacial score (nSPS) is 10.1. The molecule has 0 heterocycles. The predicted octanol–water partition coefficient (Wildman–Crippen LogP) is 3.31. The molecule has 2 aromatic rings. The Bertz CT molecular complexity index is 606. The van der Waals surface area contributed by atoms with Crippen LogP contribution in [-0.4, -0.2) is 18.2 Å². The van der Waals surface area contributed by atoms with Crippen LogP contribution in [0.15, 0.2) is 42.5 Å². The van der Waals surface area contributed by atoms with Crippen molar-refractivity contribution in [3.8, 4) is 5.75 Å². The molecular formula is C16H17NO3. The molecule has 0 saturated carbocycles. The first kappa shape index (κ1) is 13.9. The molecule has 0 aliphatic heterocycles. The Labute approximate surface area is 118 Å². The molecule has 104 valence electrons. The van der Waals surface area contributed by atoms with Crippen LogP contribution in [0.25, 0.3) is 0 Å². The standard InChI is InChI=1S/C16H17NO3/c1-11-4-3-5-14(16(18)19)15(11)17-10-12-6-8-13(20-2)9-7-12/h3-9,17H,10H2,1-2H3,(H,18,19). The molecule has 0 fully saturated rings. The van der Waals surface area contributed by atoms with Gasteiger partial charge in [-0.25, -0.2) is 4.79 Å². The molecule has 2 aromatic carbocycles. The zero-order chi connectivity index (χ0) is 14.5. The lowest BCUT2D eigenvalue weighted by atomic mass is 10.1. The van der Waals surface area contributed by atoms with Crippen LogP contribution < -0.4 is 10.1 Å². The molecule has 0 amide bonds. The zero-order valence-corrected chi connectivity index (χ0v) is 11.5. The van der Waals surface area contributed by atoms with E-state index in [0.717, 1.165) is 16.9 Å². The van der Waals surface area contributed by atoms with Crippen molar-refractivity contribution in [2.75, 3.05) is 12.4 Å². The smallest absolute Gasteiger partial charge is 0.337 e. The van der Waals surface area contributed by atoms with Crippen LogP contribution >= 0.6 is 0 Å². The Balaban J connectivity index is 2.16. The minimum Gasteiger partial charge on any atom is -0.497 e. The van der Waals surface area contributed by atoms with Crippen molar-refractivity contribution in [1.82, 2.24) is 0 Å². The highest BCUT2D eigenvalue weighted by Gasteiger charge is 2.11. The molecule has 2 rings (SSSR count). The lowest BCUT2D eigenvalue weighted by molar-refractivity contribution is 0.0698. The van der Waals surface area contributed by atoms with Gasteiger partial charge in [0.1, 0.15) is 5.75 Å². The summed E-state index contributed by atoms with van der Waals surface area (Å²) >= 11 is 0. The predicted molar refractivity (Wildman–Crippen MR) is 78.5 cm³/mol. The molecule has 0 spiro atoms. The van der Waals surface area contributed by atoms with E-state index in [-0.39, 0.29) is 0 Å². The molecule has 2 N–H and O–H groups in total. The Hall–Kier alpha value is -2.49. The second-order valence-corrected chi connectivity index (χ2v) is 4.50. The van der Waals surface area contributed by atoms with Gasteiger partial charge in [-0.05, 0) is 36.2 Å². The summed E-state index contributed by atoms with van der Waals surface area (Å²) in [5.74, 6) is -0.123. The van der Waals surface area contributed by atoms with Crippen LogP contribution in [-0.2, 0) is 6.54 Å². The number of hydrogen-bond acceptors (Lipinski definition) is 3. The SMILES string of the molecule is COc1ccc(CNc2c(C)cccc2C(=O)O)cc1. The van der Waals surface area contributed by atoms with Crippen LogP contribution in [0.4, 0.5) is 5.69 Å². The summed E-state index contributed by atoms with van der Waals surface area (Å²) in [5, 5.41) is 12.4. The first-order chi connectivity index (χ1) is 9.61. The Morgan fingerprint density at radius 2 is 1.90 bits per heavy atom. The fraction of sp³-hybridized carbons (Fsp3) is 0.188. The molecule has 4 heteroatoms. The molecule has 0 radical (unpaired) electrons. The van der Waals surface area contributed by atoms with E-state index < -0.39 is 5.97 Å². The second kappa shape index (κ2) is 6.10. The molecule has 4 nitrogen and oxygen atoms in total. The number of aryl methyl sites for hydroxylation is 1. The van der Waals surface area contributed by atoms with Gasteiger partial charge in [0.05, 0.1) is 18.4 Å². The summed E-state index contributed by atoms with van der Waals surface area (Å²) < 4.78 is 5.10. The van der Waals surface area contributed by atoms with Gasteiger partial charge in [-0.3, -0.25) is 0 Å². The minimum atomic E-state index is -0.925. The number of methoxy groups -OCH3 is 1. The van der Waals surface area contributed by atoms with E-state index in [1.807, 2.05) is 37.3 Å². The average molecular weight is 271 g/mol. The number of anilines is 1. The summed E-state index contributed by atoms with van der Waals surface area (Å²) in [6.45, 7) is 2.46. The van der Waals surface area contributed by atoms with E-state index in [9.17, 15) is 9.90 Å². The largest absolute Gasteiger partial charge is 0.497 e. The van der Waals surface area contributed by atoms with Crippen molar-refractivity contribution in [3.05, 3.63) is 59.2 Å². The van der Waals surface area contributed by atoms with Crippen molar-refractivity contribution in [1.29, 1.82) is 0 Å². The first-order valence-electron chi connectivity index (χ1n) is 6.31. The third-order valence-electron chi connectivity index (χ3n) is 3.13. The van der Waals surface area contributed by atoms with Gasteiger partial charge < -0.3 is 15.2 Å². The van der Waals surface area contributed by atoms with E-state index in [1.165, 1.54) is 0 Å². The molecule has 20 heavy (non-hydrogen) atoms. The average Bonchev–Trinajstić information content (AvgIpc) is 2.46. The summed E-state index contributed by atoms with van der Waals surface area (Å²) in [4.78, 5) is 11.2. The number of carboxylic acids is 1. The van der Waals surface area contributed by atoms with Crippen molar-refractivity contribution in [2.24, 2.45) is 0 Å². The molecule has 0 unspecified atom stereocenters. The summed E-state index contributed by atoms with van der Waals surface area (Å²) in [5.41, 5.74) is 2.93. The summed E-state index contributed by atoms with van der Waals surface area (Å²) in [7, 11) is 1.62. The van der Waals surface area contributed by atoms with Crippen molar-refractivity contribution in [3.63, 3.8) is 0 Å². The Morgan fingerprint density at radius 3 is 2.50 bits per heavy atom. The van der Waals surface area contributed by atoms with Gasteiger partial charge in [0.15, 0.2) is 0 Å². The van der Waals surface area contributed by atoms with Gasteiger partial charge in [0, 0.05) is 6.54 Å². The molecular weight excluding hydrogens is 254 g/mol. The number of nitrogens with one attached hydrogen (secondary N) is 1. The fourth-order valence-electron chi connectivity index (χ4n) is 2.01. The van der Waals surface area contributed by atoms with E-state index in [2.05, 4.69) is 5.32 Å². The molecule has 0 aliphatic rings. The van der Waals surface area contributed by atoms with Crippen LogP contribution in [0, 0.1) is 6.92 Å². The quantitative estimate of drug-likeness (QED) is 0.876. The summed E-state index contributed by atoms with van der Waals surface area (Å²) in [6, 6.07) is 12.9. The van der Waals surface area contributed by atoms with E-state index in [0.29, 0.717) is 17.8 Å². The van der Waals surface area contributed by atoms with Gasteiger partial charge in [-0.1, -0.05) is 24.3 Å². The Kier molecular flexibility index (Phi) is 4.25. The third kappa shape index (κ3) is 3.09. The number of para-hydroxylation sites is 1. The van der Waals surface area contributed by atoms with Crippen LogP contribution in [0.3, 0.4) is 0 Å². The molecule has 0 aliphatic carbocycles. The number of hydrogen-bond donors (Lipinski definition) is 2. The molecule has 0 aromatic heterocycles. The number of ether oxygens (including phenoxy) is 1. The van der Waals surface area contributed by atoms with Gasteiger partial charge in [0.2, 0.25) is 0 Å². The molecule has 0 bridgehead atoms. The van der Waals surface area contributed by atoms with Gasteiger partial charge in [0.25, 0.3) is 0 Å². The first-order valence-corrected chi connectivity index (χ1v) is 6.31. The topological polar surface area (TPSA) is 58.6 Å². The van der Waals surface area contributed by atoms with Gasteiger partial charge in [-0.15, -0.1) is 0 Å². The number of carboxylic acid groups (broad SMARTS) is 1. The maximum atomic E-state index is 11.2. The van der Waals surface area contributed by atoms with E-state index >= 15 is 0 Å². The van der Waals surface area contributed by atoms with Gasteiger partial charge in [-0.2, -0.15) is 0 Å². The van der Waals surface area contributed by atoms with Crippen molar-refractivity contribution in [2.45, 2.75) is 13.5 Å². The second-order valence-electron chi connectivity index (χ2n) is 4.50. The molecule has 0 saturated heterocycles. The van der Waals surface area contributed by atoms with Crippen LogP contribution in [0.5, 0.6) is 5.75 Å². The number of aromatic carboxylic acids is 1. The number of benzene rings is 2. The van der Waals surface area contributed by atoms with Crippen LogP contribution in [0.1, 0.15) is 21.5 Å². The summed E-state index contributed by atoms with van der Waals surface area (Å²) in [6.07, 6.45) is 0. The highest BCUT2D eigenvalue weighted by molar-refractivity contribution is 5.95. The Morgan fingerprint density at radius 1 is 1.20 bits per heavy atom. The van der Waals surface area contributed by atoms with Crippen molar-refractivity contribution < 1.29 is 14.6 Å². The lowest BCUT2D eigenvalue weighted by Gasteiger charge is -2.12. The number of carbonyl (C=O) groups is 1.